The molecule has 0 aliphatic heterocycles. The molecule has 1 aromatic heterocycles. The second-order valence-electron chi connectivity index (χ2n) is 2.97. The van der Waals surface area contributed by atoms with Gasteiger partial charge in [0.05, 0.1) is 0 Å². The van der Waals surface area contributed by atoms with Crippen molar-refractivity contribution < 1.29 is 4.79 Å². The lowest BCUT2D eigenvalue weighted by Gasteiger charge is -1.88. The van der Waals surface area contributed by atoms with E-state index in [4.69, 9.17) is 0 Å². The Hall–Kier alpha value is -1.16. The number of amides is 1. The molecule has 0 fully saturated rings. The summed E-state index contributed by atoms with van der Waals surface area (Å²) in [7, 11) is 1.87. The van der Waals surface area contributed by atoms with Crippen LogP contribution in [0.3, 0.4) is 0 Å². The normalized spacial score (nSPS) is 11.5. The van der Waals surface area contributed by atoms with Crippen LogP contribution in [-0.2, 0) is 11.8 Å². The zero-order valence-electron chi connectivity index (χ0n) is 7.94. The Morgan fingerprint density at radius 3 is 2.77 bits per heavy atom. The molecule has 0 aliphatic carbocycles. The number of hydrogen-bond donors (Lipinski definition) is 0. The largest absolute Gasteiger partial charge is 0.327 e. The minimum absolute atomic E-state index is 0.196. The highest BCUT2D eigenvalue weighted by atomic mass is 32.1. The molecule has 0 atom stereocenters. The molecule has 1 heterocycles. The Morgan fingerprint density at radius 2 is 2.31 bits per heavy atom. The van der Waals surface area contributed by atoms with Crippen molar-refractivity contribution in [2.24, 2.45) is 12.0 Å². The summed E-state index contributed by atoms with van der Waals surface area (Å²) in [6.07, 6.45) is 3.40. The summed E-state index contributed by atoms with van der Waals surface area (Å²) >= 11 is 1.45. The monoisotopic (exact) mass is 196 g/mol. The number of allylic oxidation sites excluding steroid dienone is 1. The predicted molar refractivity (Wildman–Crippen MR) is 53.3 cm³/mol. The van der Waals surface area contributed by atoms with Gasteiger partial charge in [0.25, 0.3) is 5.91 Å². The Kier molecular flexibility index (Phi) is 3.19. The van der Waals surface area contributed by atoms with Gasteiger partial charge in [-0.1, -0.05) is 5.57 Å². The quantitative estimate of drug-likeness (QED) is 0.626. The van der Waals surface area contributed by atoms with Gasteiger partial charge in [-0.2, -0.15) is 4.99 Å². The SMILES string of the molecule is CC(C)=CC(=O)N=c1sccn1C. The van der Waals surface area contributed by atoms with Gasteiger partial charge >= 0.3 is 0 Å². The zero-order chi connectivity index (χ0) is 9.84. The summed E-state index contributed by atoms with van der Waals surface area (Å²) in [5.41, 5.74) is 0.966. The topological polar surface area (TPSA) is 34.4 Å². The summed E-state index contributed by atoms with van der Waals surface area (Å²) < 4.78 is 1.82. The van der Waals surface area contributed by atoms with E-state index in [9.17, 15) is 4.79 Å². The number of nitrogens with zero attached hydrogens (tertiary/aromatic N) is 2. The van der Waals surface area contributed by atoms with Gasteiger partial charge in [-0.05, 0) is 13.8 Å². The summed E-state index contributed by atoms with van der Waals surface area (Å²) in [4.78, 5) is 15.9. The number of carbonyl (C=O) groups excluding carboxylic acids is 1. The van der Waals surface area contributed by atoms with Crippen LogP contribution in [0.25, 0.3) is 0 Å². The molecular weight excluding hydrogens is 184 g/mol. The van der Waals surface area contributed by atoms with E-state index < -0.39 is 0 Å². The van der Waals surface area contributed by atoms with Crippen molar-refractivity contribution in [3.05, 3.63) is 28.0 Å². The number of hydrogen-bond acceptors (Lipinski definition) is 2. The summed E-state index contributed by atoms with van der Waals surface area (Å²) in [6, 6.07) is 0. The fraction of sp³-hybridized carbons (Fsp3) is 0.333. The number of rotatable bonds is 1. The van der Waals surface area contributed by atoms with E-state index in [2.05, 4.69) is 4.99 Å². The second-order valence-corrected chi connectivity index (χ2v) is 3.84. The minimum Gasteiger partial charge on any atom is -0.327 e. The zero-order valence-corrected chi connectivity index (χ0v) is 8.76. The van der Waals surface area contributed by atoms with Crippen molar-refractivity contribution in [1.29, 1.82) is 0 Å². The lowest BCUT2D eigenvalue weighted by atomic mass is 10.3. The van der Waals surface area contributed by atoms with Crippen LogP contribution < -0.4 is 4.80 Å². The van der Waals surface area contributed by atoms with Crippen LogP contribution >= 0.6 is 11.3 Å². The van der Waals surface area contributed by atoms with Crippen LogP contribution in [0.15, 0.2) is 28.2 Å². The van der Waals surface area contributed by atoms with Crippen molar-refractivity contribution in [1.82, 2.24) is 4.57 Å². The van der Waals surface area contributed by atoms with E-state index >= 15 is 0 Å². The summed E-state index contributed by atoms with van der Waals surface area (Å²) in [6.45, 7) is 3.75. The molecule has 1 amide bonds. The van der Waals surface area contributed by atoms with Crippen LogP contribution in [0, 0.1) is 0 Å². The van der Waals surface area contributed by atoms with Gasteiger partial charge in [0.1, 0.15) is 0 Å². The number of aryl methyl sites for hydroxylation is 1. The number of aromatic nitrogens is 1. The first kappa shape index (κ1) is 9.92. The van der Waals surface area contributed by atoms with Crippen LogP contribution in [-0.4, -0.2) is 10.5 Å². The van der Waals surface area contributed by atoms with Gasteiger partial charge in [-0.3, -0.25) is 4.79 Å². The molecule has 0 N–H and O–H groups in total. The van der Waals surface area contributed by atoms with Crippen LogP contribution in [0.4, 0.5) is 0 Å². The molecule has 0 saturated heterocycles. The van der Waals surface area contributed by atoms with Crippen molar-refractivity contribution >= 4 is 17.2 Å². The van der Waals surface area contributed by atoms with E-state index in [1.54, 1.807) is 0 Å². The Bertz CT molecular complexity index is 394. The molecule has 1 aromatic rings. The molecule has 1 rings (SSSR count). The number of carbonyl (C=O) groups is 1. The van der Waals surface area contributed by atoms with Gasteiger partial charge in [0.15, 0.2) is 4.80 Å². The van der Waals surface area contributed by atoms with E-state index in [-0.39, 0.29) is 5.91 Å². The lowest BCUT2D eigenvalue weighted by molar-refractivity contribution is -0.113. The van der Waals surface area contributed by atoms with Crippen LogP contribution in [0.1, 0.15) is 13.8 Å². The highest BCUT2D eigenvalue weighted by Crippen LogP contribution is 1.91. The average molecular weight is 196 g/mol. The van der Waals surface area contributed by atoms with Crippen molar-refractivity contribution in [3.63, 3.8) is 0 Å². The standard InChI is InChI=1S/C9H12N2OS/c1-7(2)6-8(12)10-9-11(3)4-5-13-9/h4-6H,1-3H3. The van der Waals surface area contributed by atoms with Crippen molar-refractivity contribution in [2.75, 3.05) is 0 Å². The molecule has 0 radical (unpaired) electrons. The average Bonchev–Trinajstić information content (AvgIpc) is 2.34. The van der Waals surface area contributed by atoms with Crippen LogP contribution in [0.5, 0.6) is 0 Å². The highest BCUT2D eigenvalue weighted by molar-refractivity contribution is 7.07. The van der Waals surface area contributed by atoms with Gasteiger partial charge in [0.2, 0.25) is 0 Å². The van der Waals surface area contributed by atoms with E-state index in [1.807, 2.05) is 37.0 Å². The van der Waals surface area contributed by atoms with Gasteiger partial charge in [0, 0.05) is 24.7 Å². The first-order valence-electron chi connectivity index (χ1n) is 3.93. The molecule has 4 heteroatoms. The molecule has 0 aromatic carbocycles. The van der Waals surface area contributed by atoms with E-state index in [0.717, 1.165) is 10.4 Å². The van der Waals surface area contributed by atoms with Gasteiger partial charge in [-0.25, -0.2) is 0 Å². The molecule has 0 spiro atoms. The molecule has 0 aliphatic rings. The lowest BCUT2D eigenvalue weighted by Crippen LogP contribution is -2.11. The van der Waals surface area contributed by atoms with Crippen molar-refractivity contribution in [3.8, 4) is 0 Å². The maximum absolute atomic E-state index is 11.2. The molecule has 0 bridgehead atoms. The molecule has 13 heavy (non-hydrogen) atoms. The maximum atomic E-state index is 11.2. The predicted octanol–water partition coefficient (Wildman–Crippen LogP) is 1.48. The summed E-state index contributed by atoms with van der Waals surface area (Å²) in [5, 5.41) is 1.90. The molecular formula is C9H12N2OS. The molecule has 0 saturated carbocycles. The first-order valence-corrected chi connectivity index (χ1v) is 4.81. The van der Waals surface area contributed by atoms with E-state index in [0.29, 0.717) is 0 Å². The third-order valence-corrected chi connectivity index (χ3v) is 2.23. The smallest absolute Gasteiger partial charge is 0.272 e. The Morgan fingerprint density at radius 1 is 1.62 bits per heavy atom. The molecule has 70 valence electrons. The third-order valence-electron chi connectivity index (χ3n) is 1.38. The van der Waals surface area contributed by atoms with Crippen LogP contribution in [0.2, 0.25) is 0 Å². The minimum atomic E-state index is -0.196. The highest BCUT2D eigenvalue weighted by Gasteiger charge is 1.94. The third kappa shape index (κ3) is 2.99. The first-order chi connectivity index (χ1) is 6.09. The Labute approximate surface area is 81.1 Å². The Balaban J connectivity index is 2.97. The van der Waals surface area contributed by atoms with Gasteiger partial charge < -0.3 is 4.57 Å². The number of thiazole rings is 1. The second kappa shape index (κ2) is 4.18. The van der Waals surface area contributed by atoms with Crippen molar-refractivity contribution in [2.45, 2.75) is 13.8 Å². The molecule has 0 unspecified atom stereocenters. The van der Waals surface area contributed by atoms with E-state index in [1.165, 1.54) is 17.4 Å². The van der Waals surface area contributed by atoms with Gasteiger partial charge in [-0.15, -0.1) is 11.3 Å². The fourth-order valence-corrected chi connectivity index (χ4v) is 1.54. The molecule has 3 nitrogen and oxygen atoms in total. The summed E-state index contributed by atoms with van der Waals surface area (Å²) in [5.74, 6) is -0.196. The fourth-order valence-electron chi connectivity index (χ4n) is 0.808. The maximum Gasteiger partial charge on any atom is 0.272 e.